The highest BCUT2D eigenvalue weighted by atomic mass is 32.2. The molecule has 2 aromatic carbocycles. The zero-order valence-electron chi connectivity index (χ0n) is 17.4. The van der Waals surface area contributed by atoms with E-state index in [1.54, 1.807) is 0 Å². The second-order valence-corrected chi connectivity index (χ2v) is 10.8. The highest BCUT2D eigenvalue weighted by molar-refractivity contribution is 8.00. The van der Waals surface area contributed by atoms with E-state index in [2.05, 4.69) is 90.1 Å². The average Bonchev–Trinajstić information content (AvgIpc) is 2.55. The number of thioether (sulfide) groups is 2. The topological polar surface area (TPSA) is 18.5 Å². The minimum atomic E-state index is -0.150. The smallest absolute Gasteiger partial charge is 0.120 e. The van der Waals surface area contributed by atoms with Crippen molar-refractivity contribution in [3.63, 3.8) is 0 Å². The molecule has 0 aliphatic heterocycles. The van der Waals surface area contributed by atoms with Gasteiger partial charge in [0.2, 0.25) is 0 Å². The van der Waals surface area contributed by atoms with Crippen molar-refractivity contribution in [2.24, 2.45) is 0 Å². The van der Waals surface area contributed by atoms with Gasteiger partial charge in [0.25, 0.3) is 0 Å². The summed E-state index contributed by atoms with van der Waals surface area (Å²) >= 11 is 3.80. The molecule has 2 nitrogen and oxygen atoms in total. The Kier molecular flexibility index (Phi) is 7.99. The quantitative estimate of drug-likeness (QED) is 0.339. The predicted octanol–water partition coefficient (Wildman–Crippen LogP) is 7.32. The molecule has 0 saturated carbocycles. The maximum Gasteiger partial charge on any atom is 0.120 e. The van der Waals surface area contributed by atoms with Crippen LogP contribution >= 0.6 is 23.5 Å². The van der Waals surface area contributed by atoms with Crippen molar-refractivity contribution in [3.05, 3.63) is 48.5 Å². The molecule has 2 aromatic rings. The van der Waals surface area contributed by atoms with E-state index < -0.39 is 0 Å². The van der Waals surface area contributed by atoms with E-state index >= 15 is 0 Å². The second kappa shape index (κ2) is 9.79. The normalized spacial score (nSPS) is 12.1. The molecular weight excluding hydrogens is 372 g/mol. The average molecular weight is 405 g/mol. The minimum Gasteiger partial charge on any atom is -0.488 e. The lowest BCUT2D eigenvalue weighted by Gasteiger charge is -2.21. The van der Waals surface area contributed by atoms with Gasteiger partial charge in [-0.3, -0.25) is 0 Å². The number of rotatable bonds is 8. The van der Waals surface area contributed by atoms with Crippen molar-refractivity contribution < 1.29 is 9.47 Å². The van der Waals surface area contributed by atoms with Crippen molar-refractivity contribution in [2.75, 3.05) is 11.5 Å². The van der Waals surface area contributed by atoms with Gasteiger partial charge >= 0.3 is 0 Å². The fraction of sp³-hybridized carbons (Fsp3) is 0.478. The van der Waals surface area contributed by atoms with E-state index in [-0.39, 0.29) is 11.2 Å². The van der Waals surface area contributed by atoms with Gasteiger partial charge in [-0.2, -0.15) is 0 Å². The lowest BCUT2D eigenvalue weighted by Crippen LogP contribution is -2.22. The molecule has 0 unspecified atom stereocenters. The molecule has 0 atom stereocenters. The third kappa shape index (κ3) is 9.48. The Hall–Kier alpha value is -1.26. The van der Waals surface area contributed by atoms with E-state index in [0.717, 1.165) is 23.0 Å². The van der Waals surface area contributed by atoms with Crippen LogP contribution in [0, 0.1) is 0 Å². The maximum atomic E-state index is 5.86. The third-order valence-corrected chi connectivity index (χ3v) is 5.52. The number of hydrogen-bond donors (Lipinski definition) is 0. The van der Waals surface area contributed by atoms with E-state index in [0.29, 0.717) is 0 Å². The standard InChI is InChI=1S/C23H32O2S2/c1-22(2,3)24-18-8-12-20(13-9-18)26-16-7-17-27-21-14-10-19(11-15-21)25-23(4,5)6/h8-15H,7,16-17H2,1-6H3. The van der Waals surface area contributed by atoms with Crippen molar-refractivity contribution in [2.45, 2.75) is 69.0 Å². The summed E-state index contributed by atoms with van der Waals surface area (Å²) < 4.78 is 11.7. The fourth-order valence-electron chi connectivity index (χ4n) is 2.35. The first kappa shape index (κ1) is 22.0. The Morgan fingerprint density at radius 3 is 1.22 bits per heavy atom. The Bertz CT molecular complexity index is 619. The molecule has 0 heterocycles. The van der Waals surface area contributed by atoms with Gasteiger partial charge in [0.1, 0.15) is 22.7 Å². The molecule has 0 bridgehead atoms. The summed E-state index contributed by atoms with van der Waals surface area (Å²) in [4.78, 5) is 2.59. The van der Waals surface area contributed by atoms with Crippen molar-refractivity contribution in [3.8, 4) is 11.5 Å². The van der Waals surface area contributed by atoms with E-state index in [1.807, 2.05) is 23.5 Å². The van der Waals surface area contributed by atoms with Crippen LogP contribution in [-0.4, -0.2) is 22.7 Å². The molecule has 0 radical (unpaired) electrons. The molecule has 0 saturated heterocycles. The van der Waals surface area contributed by atoms with E-state index in [4.69, 9.17) is 9.47 Å². The maximum absolute atomic E-state index is 5.86. The van der Waals surface area contributed by atoms with Crippen LogP contribution in [0.3, 0.4) is 0 Å². The SMILES string of the molecule is CC(C)(C)Oc1ccc(SCCCSc2ccc(OC(C)(C)C)cc2)cc1. The molecule has 0 spiro atoms. The summed E-state index contributed by atoms with van der Waals surface area (Å²) in [7, 11) is 0. The molecule has 0 fully saturated rings. The van der Waals surface area contributed by atoms with Gasteiger partial charge in [-0.25, -0.2) is 0 Å². The molecule has 148 valence electrons. The molecule has 27 heavy (non-hydrogen) atoms. The van der Waals surface area contributed by atoms with Crippen molar-refractivity contribution >= 4 is 23.5 Å². The lowest BCUT2D eigenvalue weighted by molar-refractivity contribution is 0.130. The first-order valence-electron chi connectivity index (χ1n) is 9.44. The van der Waals surface area contributed by atoms with Crippen LogP contribution in [0.5, 0.6) is 11.5 Å². The molecule has 2 rings (SSSR count). The van der Waals surface area contributed by atoms with Gasteiger partial charge < -0.3 is 9.47 Å². The summed E-state index contributed by atoms with van der Waals surface area (Å²) in [6.45, 7) is 12.4. The van der Waals surface area contributed by atoms with Crippen molar-refractivity contribution in [1.82, 2.24) is 0 Å². The molecule has 0 N–H and O–H groups in total. The number of ether oxygens (including phenoxy) is 2. The Balaban J connectivity index is 1.67. The van der Waals surface area contributed by atoms with Crippen LogP contribution < -0.4 is 9.47 Å². The van der Waals surface area contributed by atoms with E-state index in [9.17, 15) is 0 Å². The number of hydrogen-bond acceptors (Lipinski definition) is 4. The van der Waals surface area contributed by atoms with Crippen LogP contribution in [-0.2, 0) is 0 Å². The molecule has 0 aromatic heterocycles. The van der Waals surface area contributed by atoms with Gasteiger partial charge in [-0.15, -0.1) is 23.5 Å². The largest absolute Gasteiger partial charge is 0.488 e. The fourth-order valence-corrected chi connectivity index (χ4v) is 4.24. The highest BCUT2D eigenvalue weighted by Gasteiger charge is 2.12. The highest BCUT2D eigenvalue weighted by Crippen LogP contribution is 2.27. The lowest BCUT2D eigenvalue weighted by atomic mass is 10.2. The van der Waals surface area contributed by atoms with Gasteiger partial charge in [-0.1, -0.05) is 0 Å². The Morgan fingerprint density at radius 1 is 0.593 bits per heavy atom. The Morgan fingerprint density at radius 2 is 0.926 bits per heavy atom. The van der Waals surface area contributed by atoms with Crippen molar-refractivity contribution in [1.29, 1.82) is 0 Å². The van der Waals surface area contributed by atoms with Crippen LogP contribution in [0.4, 0.5) is 0 Å². The van der Waals surface area contributed by atoms with E-state index in [1.165, 1.54) is 16.2 Å². The zero-order chi connectivity index (χ0) is 19.9. The molecule has 4 heteroatoms. The van der Waals surface area contributed by atoms with Crippen LogP contribution in [0.1, 0.15) is 48.0 Å². The predicted molar refractivity (Wildman–Crippen MR) is 120 cm³/mol. The first-order valence-corrected chi connectivity index (χ1v) is 11.4. The first-order chi connectivity index (χ1) is 12.6. The van der Waals surface area contributed by atoms with Gasteiger partial charge in [-0.05, 0) is 108 Å². The summed E-state index contributed by atoms with van der Waals surface area (Å²) in [6.07, 6.45) is 1.18. The Labute approximate surface area is 173 Å². The summed E-state index contributed by atoms with van der Waals surface area (Å²) in [5.74, 6) is 4.11. The van der Waals surface area contributed by atoms with Crippen LogP contribution in [0.15, 0.2) is 58.3 Å². The zero-order valence-corrected chi connectivity index (χ0v) is 19.0. The van der Waals surface area contributed by atoms with Gasteiger partial charge in [0, 0.05) is 9.79 Å². The number of benzene rings is 2. The summed E-state index contributed by atoms with van der Waals surface area (Å²) in [5.41, 5.74) is -0.300. The summed E-state index contributed by atoms with van der Waals surface area (Å²) in [5, 5.41) is 0. The molecule has 0 aliphatic carbocycles. The minimum absolute atomic E-state index is 0.150. The third-order valence-electron chi connectivity index (χ3n) is 3.32. The molecular formula is C23H32O2S2. The van der Waals surface area contributed by atoms with Gasteiger partial charge in [0.15, 0.2) is 0 Å². The molecule has 0 amide bonds. The summed E-state index contributed by atoms with van der Waals surface area (Å²) in [6, 6.07) is 16.8. The van der Waals surface area contributed by atoms with Crippen LogP contribution in [0.2, 0.25) is 0 Å². The van der Waals surface area contributed by atoms with Gasteiger partial charge in [0.05, 0.1) is 0 Å². The monoisotopic (exact) mass is 404 g/mol. The second-order valence-electron chi connectivity index (χ2n) is 8.42. The van der Waals surface area contributed by atoms with Crippen LogP contribution in [0.25, 0.3) is 0 Å². The molecule has 0 aliphatic rings.